The molecule has 0 saturated heterocycles. The van der Waals surface area contributed by atoms with Crippen LogP contribution in [0.3, 0.4) is 0 Å². The summed E-state index contributed by atoms with van der Waals surface area (Å²) >= 11 is 4.98. The van der Waals surface area contributed by atoms with Gasteiger partial charge in [0.05, 0.1) is 16.6 Å². The fraction of sp³-hybridized carbons (Fsp3) is 0.0667. The van der Waals surface area contributed by atoms with E-state index in [-0.39, 0.29) is 5.56 Å². The lowest BCUT2D eigenvalue weighted by atomic mass is 10.1. The van der Waals surface area contributed by atoms with Crippen molar-refractivity contribution in [2.45, 2.75) is 6.92 Å². The van der Waals surface area contributed by atoms with E-state index in [0.29, 0.717) is 21.5 Å². The normalized spacial score (nSPS) is 10.8. The molecule has 3 rings (SSSR count). The number of hydrogen-bond donors (Lipinski definition) is 3. The van der Waals surface area contributed by atoms with Gasteiger partial charge in [0, 0.05) is 5.69 Å². The molecule has 1 amide bonds. The molecule has 21 heavy (non-hydrogen) atoms. The minimum Gasteiger partial charge on any atom is -0.331 e. The van der Waals surface area contributed by atoms with Crippen LogP contribution in [-0.2, 0) is 0 Å². The van der Waals surface area contributed by atoms with Gasteiger partial charge in [0.25, 0.3) is 5.91 Å². The van der Waals surface area contributed by atoms with Gasteiger partial charge in [0.15, 0.2) is 4.77 Å². The Morgan fingerprint density at radius 3 is 2.81 bits per heavy atom. The number of carbonyl (C=O) groups excluding carboxylic acids is 1. The molecule has 106 valence electrons. The third kappa shape index (κ3) is 2.71. The zero-order valence-electron chi connectivity index (χ0n) is 11.2. The number of aryl methyl sites for hydroxylation is 1. The molecule has 3 N–H and O–H groups in total. The third-order valence-corrected chi connectivity index (χ3v) is 3.31. The maximum Gasteiger partial charge on any atom is 0.257 e. The molecule has 6 heteroatoms. The topological polar surface area (TPSA) is 60.7 Å². The second-order valence-corrected chi connectivity index (χ2v) is 5.19. The minimum absolute atomic E-state index is 0.207. The highest BCUT2D eigenvalue weighted by Gasteiger charge is 2.14. The molecule has 4 nitrogen and oxygen atoms in total. The van der Waals surface area contributed by atoms with E-state index in [9.17, 15) is 9.18 Å². The molecular formula is C15H12FN3OS. The molecule has 0 aliphatic rings. The first-order valence-electron chi connectivity index (χ1n) is 6.32. The smallest absolute Gasteiger partial charge is 0.257 e. The first kappa shape index (κ1) is 13.5. The molecule has 0 aliphatic carbocycles. The maximum atomic E-state index is 13.6. The lowest BCUT2D eigenvalue weighted by Crippen LogP contribution is -2.13. The van der Waals surface area contributed by atoms with E-state index in [1.807, 2.05) is 25.1 Å². The van der Waals surface area contributed by atoms with Crippen LogP contribution in [-0.4, -0.2) is 15.9 Å². The average molecular weight is 301 g/mol. The monoisotopic (exact) mass is 301 g/mol. The van der Waals surface area contributed by atoms with Crippen LogP contribution in [0, 0.1) is 17.5 Å². The van der Waals surface area contributed by atoms with Gasteiger partial charge in [-0.2, -0.15) is 0 Å². The van der Waals surface area contributed by atoms with Crippen LogP contribution in [0.1, 0.15) is 15.9 Å². The summed E-state index contributed by atoms with van der Waals surface area (Å²) in [6.45, 7) is 1.93. The van der Waals surface area contributed by atoms with Gasteiger partial charge in [0.2, 0.25) is 0 Å². The molecule has 0 atom stereocenters. The van der Waals surface area contributed by atoms with Crippen molar-refractivity contribution in [3.63, 3.8) is 0 Å². The van der Waals surface area contributed by atoms with Gasteiger partial charge in [-0.1, -0.05) is 12.1 Å². The zero-order chi connectivity index (χ0) is 15.0. The van der Waals surface area contributed by atoms with Crippen molar-refractivity contribution in [1.82, 2.24) is 9.97 Å². The number of fused-ring (bicyclic) bond motifs is 1. The Labute approximate surface area is 125 Å². The summed E-state index contributed by atoms with van der Waals surface area (Å²) in [5, 5.41) is 2.75. The molecule has 1 aromatic heterocycles. The Bertz CT molecular complexity index is 897. The van der Waals surface area contributed by atoms with Crippen molar-refractivity contribution >= 4 is 34.8 Å². The predicted molar refractivity (Wildman–Crippen MR) is 82.6 cm³/mol. The molecule has 0 unspecified atom stereocenters. The number of rotatable bonds is 2. The number of amides is 1. The van der Waals surface area contributed by atoms with E-state index in [0.717, 1.165) is 5.56 Å². The fourth-order valence-electron chi connectivity index (χ4n) is 2.21. The van der Waals surface area contributed by atoms with E-state index in [4.69, 9.17) is 12.2 Å². The average Bonchev–Trinajstić information content (AvgIpc) is 2.77. The van der Waals surface area contributed by atoms with Gasteiger partial charge in [-0.3, -0.25) is 4.79 Å². The lowest BCUT2D eigenvalue weighted by molar-refractivity contribution is 0.102. The van der Waals surface area contributed by atoms with Crippen LogP contribution in [0.25, 0.3) is 11.0 Å². The van der Waals surface area contributed by atoms with Gasteiger partial charge in [-0.25, -0.2) is 4.39 Å². The van der Waals surface area contributed by atoms with E-state index in [1.165, 1.54) is 12.1 Å². The SMILES string of the molecule is Cc1cccc(NC(=O)c2cc(F)cc3[nH]c(=S)[nH]c23)c1. The number of H-pyrrole nitrogens is 2. The van der Waals surface area contributed by atoms with E-state index in [2.05, 4.69) is 15.3 Å². The fourth-order valence-corrected chi connectivity index (χ4v) is 2.42. The van der Waals surface area contributed by atoms with Crippen molar-refractivity contribution in [2.24, 2.45) is 0 Å². The van der Waals surface area contributed by atoms with Crippen molar-refractivity contribution in [1.29, 1.82) is 0 Å². The number of hydrogen-bond acceptors (Lipinski definition) is 2. The summed E-state index contributed by atoms with van der Waals surface area (Å²) in [4.78, 5) is 18.0. The number of nitrogens with one attached hydrogen (secondary N) is 3. The van der Waals surface area contributed by atoms with Gasteiger partial charge >= 0.3 is 0 Å². The molecule has 0 aliphatic heterocycles. The van der Waals surface area contributed by atoms with Gasteiger partial charge in [-0.15, -0.1) is 0 Å². The maximum absolute atomic E-state index is 13.6. The number of halogens is 1. The zero-order valence-corrected chi connectivity index (χ0v) is 12.0. The first-order valence-corrected chi connectivity index (χ1v) is 6.73. The summed E-state index contributed by atoms with van der Waals surface area (Å²) < 4.78 is 14.0. The van der Waals surface area contributed by atoms with Crippen LogP contribution in [0.5, 0.6) is 0 Å². The Morgan fingerprint density at radius 1 is 1.24 bits per heavy atom. The Balaban J connectivity index is 2.03. The Hall–Kier alpha value is -2.47. The lowest BCUT2D eigenvalue weighted by Gasteiger charge is -2.07. The highest BCUT2D eigenvalue weighted by Crippen LogP contribution is 2.19. The van der Waals surface area contributed by atoms with Crippen LogP contribution in [0.2, 0.25) is 0 Å². The summed E-state index contributed by atoms with van der Waals surface area (Å²) in [5.74, 6) is -0.891. The highest BCUT2D eigenvalue weighted by molar-refractivity contribution is 7.71. The molecule has 0 radical (unpaired) electrons. The Kier molecular flexibility index (Phi) is 3.31. The number of aromatic amines is 2. The summed E-state index contributed by atoms with van der Waals surface area (Å²) in [5.41, 5.74) is 2.85. The second-order valence-electron chi connectivity index (χ2n) is 4.78. The van der Waals surface area contributed by atoms with E-state index < -0.39 is 11.7 Å². The van der Waals surface area contributed by atoms with Crippen molar-refractivity contribution in [2.75, 3.05) is 5.32 Å². The number of anilines is 1. The molecule has 2 aromatic carbocycles. The molecule has 0 fully saturated rings. The van der Waals surface area contributed by atoms with Crippen LogP contribution in [0.15, 0.2) is 36.4 Å². The van der Waals surface area contributed by atoms with Crippen LogP contribution in [0.4, 0.5) is 10.1 Å². The molecule has 0 spiro atoms. The largest absolute Gasteiger partial charge is 0.331 e. The third-order valence-electron chi connectivity index (χ3n) is 3.11. The first-order chi connectivity index (χ1) is 10.0. The van der Waals surface area contributed by atoms with Gasteiger partial charge in [-0.05, 0) is 49.0 Å². The number of imidazole rings is 1. The van der Waals surface area contributed by atoms with Crippen molar-refractivity contribution in [3.8, 4) is 0 Å². The molecule has 3 aromatic rings. The number of carbonyl (C=O) groups is 1. The molecular weight excluding hydrogens is 289 g/mol. The second kappa shape index (κ2) is 5.14. The minimum atomic E-state index is -0.498. The van der Waals surface area contributed by atoms with Crippen molar-refractivity contribution in [3.05, 3.63) is 58.1 Å². The van der Waals surface area contributed by atoms with Crippen LogP contribution >= 0.6 is 12.2 Å². The summed E-state index contributed by atoms with van der Waals surface area (Å²) in [7, 11) is 0. The Morgan fingerprint density at radius 2 is 2.05 bits per heavy atom. The highest BCUT2D eigenvalue weighted by atomic mass is 32.1. The molecule has 1 heterocycles. The summed E-state index contributed by atoms with van der Waals surface area (Å²) in [6.07, 6.45) is 0. The number of aromatic nitrogens is 2. The van der Waals surface area contributed by atoms with Crippen molar-refractivity contribution < 1.29 is 9.18 Å². The van der Waals surface area contributed by atoms with Crippen LogP contribution < -0.4 is 5.32 Å². The molecule has 0 bridgehead atoms. The number of benzene rings is 2. The van der Waals surface area contributed by atoms with E-state index in [1.54, 1.807) is 6.07 Å². The predicted octanol–water partition coefficient (Wildman–Crippen LogP) is 3.93. The standard InChI is InChI=1S/C15H12FN3OS/c1-8-3-2-4-10(5-8)17-14(20)11-6-9(16)7-12-13(11)19-15(21)18-12/h2-7H,1H3,(H,17,20)(H2,18,19,21). The van der Waals surface area contributed by atoms with E-state index >= 15 is 0 Å². The molecule has 0 saturated carbocycles. The van der Waals surface area contributed by atoms with Gasteiger partial charge < -0.3 is 15.3 Å². The summed E-state index contributed by atoms with van der Waals surface area (Å²) in [6, 6.07) is 9.88. The quantitative estimate of drug-likeness (QED) is 0.628. The van der Waals surface area contributed by atoms with Gasteiger partial charge in [0.1, 0.15) is 5.82 Å².